The molecule has 2 rings (SSSR count). The summed E-state index contributed by atoms with van der Waals surface area (Å²) in [4.78, 5) is 11.1. The van der Waals surface area contributed by atoms with Gasteiger partial charge in [0.15, 0.2) is 17.8 Å². The maximum atomic E-state index is 11.1. The highest BCUT2D eigenvalue weighted by Gasteiger charge is 2.12. The highest BCUT2D eigenvalue weighted by Crippen LogP contribution is 2.34. The molecule has 4 heteroatoms. The van der Waals surface area contributed by atoms with Gasteiger partial charge in [-0.15, -0.1) is 0 Å². The van der Waals surface area contributed by atoms with E-state index in [2.05, 4.69) is 28.1 Å². The standard InChI is InChI=1S/C17H17BrO3/c1-20-16-11-15(18)10-14(12-19)17(16)21-9-5-8-13-6-3-2-4-7-13/h2-4,6-7,10-12H,5,8-9H2,1H3. The van der Waals surface area contributed by atoms with Crippen molar-refractivity contribution < 1.29 is 14.3 Å². The molecule has 0 amide bonds. The van der Waals surface area contributed by atoms with E-state index in [4.69, 9.17) is 9.47 Å². The first-order valence-corrected chi connectivity index (χ1v) is 7.53. The van der Waals surface area contributed by atoms with Gasteiger partial charge in [-0.2, -0.15) is 0 Å². The van der Waals surface area contributed by atoms with Gasteiger partial charge in [-0.3, -0.25) is 4.79 Å². The average Bonchev–Trinajstić information content (AvgIpc) is 2.52. The van der Waals surface area contributed by atoms with Gasteiger partial charge in [-0.05, 0) is 30.5 Å². The van der Waals surface area contributed by atoms with E-state index in [-0.39, 0.29) is 0 Å². The fourth-order valence-corrected chi connectivity index (χ4v) is 2.53. The fourth-order valence-electron chi connectivity index (χ4n) is 2.08. The lowest BCUT2D eigenvalue weighted by molar-refractivity contribution is 0.111. The number of carbonyl (C=O) groups is 1. The number of ether oxygens (including phenoxy) is 2. The van der Waals surface area contributed by atoms with Gasteiger partial charge >= 0.3 is 0 Å². The van der Waals surface area contributed by atoms with Gasteiger partial charge in [0.05, 0.1) is 19.3 Å². The van der Waals surface area contributed by atoms with E-state index in [9.17, 15) is 4.79 Å². The molecule has 0 aromatic heterocycles. The molecule has 0 atom stereocenters. The van der Waals surface area contributed by atoms with Crippen molar-refractivity contribution in [1.29, 1.82) is 0 Å². The minimum atomic E-state index is 0.487. The molecule has 0 heterocycles. The first-order chi connectivity index (χ1) is 10.2. The van der Waals surface area contributed by atoms with Gasteiger partial charge in [0.2, 0.25) is 0 Å². The van der Waals surface area contributed by atoms with E-state index in [0.29, 0.717) is 23.7 Å². The first-order valence-electron chi connectivity index (χ1n) is 6.74. The van der Waals surface area contributed by atoms with Crippen molar-refractivity contribution >= 4 is 22.2 Å². The summed E-state index contributed by atoms with van der Waals surface area (Å²) < 4.78 is 11.8. The Morgan fingerprint density at radius 3 is 2.62 bits per heavy atom. The summed E-state index contributed by atoms with van der Waals surface area (Å²) in [5.41, 5.74) is 1.76. The molecule has 0 spiro atoms. The Morgan fingerprint density at radius 1 is 1.19 bits per heavy atom. The summed E-state index contributed by atoms with van der Waals surface area (Å²) in [6.45, 7) is 0.535. The topological polar surface area (TPSA) is 35.5 Å². The van der Waals surface area contributed by atoms with Crippen molar-refractivity contribution in [3.05, 3.63) is 58.1 Å². The van der Waals surface area contributed by atoms with Crippen LogP contribution in [-0.2, 0) is 6.42 Å². The molecule has 0 saturated carbocycles. The van der Waals surface area contributed by atoms with E-state index in [1.165, 1.54) is 5.56 Å². The van der Waals surface area contributed by atoms with E-state index < -0.39 is 0 Å². The summed E-state index contributed by atoms with van der Waals surface area (Å²) in [6.07, 6.45) is 2.59. The third kappa shape index (κ3) is 4.33. The Hall–Kier alpha value is -1.81. The predicted molar refractivity (Wildman–Crippen MR) is 86.3 cm³/mol. The largest absolute Gasteiger partial charge is 0.493 e. The van der Waals surface area contributed by atoms with Crippen LogP contribution in [0.5, 0.6) is 11.5 Å². The van der Waals surface area contributed by atoms with Gasteiger partial charge in [0.1, 0.15) is 0 Å². The maximum absolute atomic E-state index is 11.1. The number of methoxy groups -OCH3 is 1. The monoisotopic (exact) mass is 348 g/mol. The van der Waals surface area contributed by atoms with Crippen LogP contribution in [0.25, 0.3) is 0 Å². The molecular formula is C17H17BrO3. The quantitative estimate of drug-likeness (QED) is 0.553. The van der Waals surface area contributed by atoms with Crippen LogP contribution in [0.15, 0.2) is 46.9 Å². The van der Waals surface area contributed by atoms with Gasteiger partial charge in [0, 0.05) is 4.47 Å². The van der Waals surface area contributed by atoms with E-state index >= 15 is 0 Å². The molecule has 110 valence electrons. The second-order valence-electron chi connectivity index (χ2n) is 4.58. The van der Waals surface area contributed by atoms with Crippen molar-refractivity contribution in [1.82, 2.24) is 0 Å². The van der Waals surface area contributed by atoms with Gasteiger partial charge < -0.3 is 9.47 Å². The molecule has 0 N–H and O–H groups in total. The zero-order valence-corrected chi connectivity index (χ0v) is 13.4. The molecular weight excluding hydrogens is 332 g/mol. The minimum Gasteiger partial charge on any atom is -0.493 e. The van der Waals surface area contributed by atoms with Crippen LogP contribution in [0.3, 0.4) is 0 Å². The summed E-state index contributed by atoms with van der Waals surface area (Å²) in [6, 6.07) is 13.8. The minimum absolute atomic E-state index is 0.487. The molecule has 2 aromatic carbocycles. The van der Waals surface area contributed by atoms with Gasteiger partial charge in [0.25, 0.3) is 0 Å². The number of halogens is 1. The molecule has 0 aliphatic heterocycles. The first kappa shape index (κ1) is 15.6. The zero-order valence-electron chi connectivity index (χ0n) is 11.8. The summed E-state index contributed by atoms with van der Waals surface area (Å²) in [5, 5.41) is 0. The Morgan fingerprint density at radius 2 is 1.95 bits per heavy atom. The Bertz CT molecular complexity index is 596. The smallest absolute Gasteiger partial charge is 0.171 e. The normalized spacial score (nSPS) is 10.2. The summed E-state index contributed by atoms with van der Waals surface area (Å²) in [5.74, 6) is 1.06. The van der Waals surface area contributed by atoms with Crippen LogP contribution in [-0.4, -0.2) is 20.0 Å². The Kier molecular flexibility index (Phi) is 5.81. The lowest BCUT2D eigenvalue weighted by Crippen LogP contribution is -2.03. The number of hydrogen-bond donors (Lipinski definition) is 0. The average molecular weight is 349 g/mol. The van der Waals surface area contributed by atoms with Crippen LogP contribution >= 0.6 is 15.9 Å². The molecule has 0 unspecified atom stereocenters. The Balaban J connectivity index is 1.98. The molecule has 0 fully saturated rings. The fraction of sp³-hybridized carbons (Fsp3) is 0.235. The van der Waals surface area contributed by atoms with Crippen LogP contribution < -0.4 is 9.47 Å². The van der Waals surface area contributed by atoms with Crippen LogP contribution in [0, 0.1) is 0 Å². The molecule has 0 radical (unpaired) electrons. The maximum Gasteiger partial charge on any atom is 0.171 e. The number of hydrogen-bond acceptors (Lipinski definition) is 3. The lowest BCUT2D eigenvalue weighted by Gasteiger charge is -2.13. The SMILES string of the molecule is COc1cc(Br)cc(C=O)c1OCCCc1ccccc1. The van der Waals surface area contributed by atoms with E-state index in [0.717, 1.165) is 23.6 Å². The summed E-state index contributed by atoms with van der Waals surface area (Å²) >= 11 is 3.35. The highest BCUT2D eigenvalue weighted by atomic mass is 79.9. The van der Waals surface area contributed by atoms with Crippen LogP contribution in [0.2, 0.25) is 0 Å². The van der Waals surface area contributed by atoms with E-state index in [1.807, 2.05) is 18.2 Å². The van der Waals surface area contributed by atoms with Crippen LogP contribution in [0.4, 0.5) is 0 Å². The number of aldehydes is 1. The number of aryl methyl sites for hydroxylation is 1. The highest BCUT2D eigenvalue weighted by molar-refractivity contribution is 9.10. The molecule has 0 saturated heterocycles. The number of carbonyl (C=O) groups excluding carboxylic acids is 1. The van der Waals surface area contributed by atoms with Crippen LogP contribution in [0.1, 0.15) is 22.3 Å². The van der Waals surface area contributed by atoms with Gasteiger partial charge in [-0.25, -0.2) is 0 Å². The number of benzene rings is 2. The second-order valence-corrected chi connectivity index (χ2v) is 5.50. The van der Waals surface area contributed by atoms with Crippen molar-refractivity contribution in [3.8, 4) is 11.5 Å². The third-order valence-corrected chi connectivity index (χ3v) is 3.55. The van der Waals surface area contributed by atoms with E-state index in [1.54, 1.807) is 19.2 Å². The Labute approximate surface area is 133 Å². The lowest BCUT2D eigenvalue weighted by atomic mass is 10.1. The van der Waals surface area contributed by atoms with Crippen molar-refractivity contribution in [3.63, 3.8) is 0 Å². The zero-order chi connectivity index (χ0) is 15.1. The third-order valence-electron chi connectivity index (χ3n) is 3.09. The second kappa shape index (κ2) is 7.84. The predicted octanol–water partition coefficient (Wildman–Crippen LogP) is 4.28. The van der Waals surface area contributed by atoms with Crippen molar-refractivity contribution in [2.75, 3.05) is 13.7 Å². The number of rotatable bonds is 7. The summed E-state index contributed by atoms with van der Waals surface area (Å²) in [7, 11) is 1.56. The molecule has 0 aliphatic rings. The van der Waals surface area contributed by atoms with Crippen molar-refractivity contribution in [2.24, 2.45) is 0 Å². The molecule has 21 heavy (non-hydrogen) atoms. The van der Waals surface area contributed by atoms with Gasteiger partial charge in [-0.1, -0.05) is 46.3 Å². The molecule has 0 aliphatic carbocycles. The molecule has 0 bridgehead atoms. The molecule has 3 nitrogen and oxygen atoms in total. The van der Waals surface area contributed by atoms with Crippen molar-refractivity contribution in [2.45, 2.75) is 12.8 Å². The molecule has 2 aromatic rings.